The van der Waals surface area contributed by atoms with Gasteiger partial charge in [0.15, 0.2) is 0 Å². The van der Waals surface area contributed by atoms with E-state index >= 15 is 0 Å². The van der Waals surface area contributed by atoms with E-state index in [0.717, 1.165) is 0 Å². The zero-order valence-electron chi connectivity index (χ0n) is 8.93. The third-order valence-corrected chi connectivity index (χ3v) is 2.25. The smallest absolute Gasteiger partial charge is 0.331 e. The first kappa shape index (κ1) is 11.9. The summed E-state index contributed by atoms with van der Waals surface area (Å²) in [7, 11) is 0. The van der Waals surface area contributed by atoms with Gasteiger partial charge in [0.2, 0.25) is 0 Å². The summed E-state index contributed by atoms with van der Waals surface area (Å²) in [5.41, 5.74) is 1.15. The van der Waals surface area contributed by atoms with Crippen LogP contribution in [0.2, 0.25) is 0 Å². The van der Waals surface area contributed by atoms with Crippen molar-refractivity contribution in [3.05, 3.63) is 45.0 Å². The molecule has 0 fully saturated rings. The van der Waals surface area contributed by atoms with E-state index < -0.39 is 10.9 Å². The van der Waals surface area contributed by atoms with Gasteiger partial charge in [-0.05, 0) is 25.5 Å². The molecule has 0 spiro atoms. The lowest BCUT2D eigenvalue weighted by molar-refractivity contribution is -0.385. The van der Waals surface area contributed by atoms with Crippen LogP contribution in [0.25, 0.3) is 6.08 Å². The number of benzene rings is 1. The third-order valence-electron chi connectivity index (χ3n) is 2.25. The molecule has 5 nitrogen and oxygen atoms in total. The molecule has 0 aliphatic heterocycles. The summed E-state index contributed by atoms with van der Waals surface area (Å²) in [5, 5.41) is 19.4. The highest BCUT2D eigenvalue weighted by molar-refractivity contribution is 5.91. The first-order chi connectivity index (χ1) is 7.43. The predicted molar refractivity (Wildman–Crippen MR) is 59.1 cm³/mol. The molecule has 0 amide bonds. The number of aliphatic carboxylic acids is 1. The summed E-state index contributed by atoms with van der Waals surface area (Å²) in [6, 6.07) is 4.57. The van der Waals surface area contributed by atoms with Crippen molar-refractivity contribution in [3.8, 4) is 0 Å². The first-order valence-electron chi connectivity index (χ1n) is 4.59. The Kier molecular flexibility index (Phi) is 3.40. The number of nitro groups is 1. The van der Waals surface area contributed by atoms with Gasteiger partial charge in [-0.25, -0.2) is 4.79 Å². The lowest BCUT2D eigenvalue weighted by atomic mass is 10.0. The Morgan fingerprint density at radius 3 is 2.62 bits per heavy atom. The third kappa shape index (κ3) is 2.44. The minimum Gasteiger partial charge on any atom is -0.478 e. The Balaban J connectivity index is 3.27. The highest BCUT2D eigenvalue weighted by Crippen LogP contribution is 2.22. The Bertz CT molecular complexity index is 477. The average molecular weight is 221 g/mol. The van der Waals surface area contributed by atoms with Crippen molar-refractivity contribution < 1.29 is 14.8 Å². The number of carboxylic acids is 1. The number of hydrogen-bond donors (Lipinski definition) is 1. The van der Waals surface area contributed by atoms with Crippen LogP contribution in [0.3, 0.4) is 0 Å². The highest BCUT2D eigenvalue weighted by Gasteiger charge is 2.12. The van der Waals surface area contributed by atoms with Gasteiger partial charge in [0.05, 0.1) is 4.92 Å². The maximum absolute atomic E-state index is 10.7. The summed E-state index contributed by atoms with van der Waals surface area (Å²) >= 11 is 0. The summed E-state index contributed by atoms with van der Waals surface area (Å²) in [6.45, 7) is 3.04. The molecule has 5 heteroatoms. The van der Waals surface area contributed by atoms with Crippen molar-refractivity contribution in [2.45, 2.75) is 13.8 Å². The number of carboxylic acid groups (broad SMARTS) is 1. The first-order valence-corrected chi connectivity index (χ1v) is 4.59. The van der Waals surface area contributed by atoms with Crippen molar-refractivity contribution in [1.29, 1.82) is 0 Å². The van der Waals surface area contributed by atoms with Gasteiger partial charge in [-0.1, -0.05) is 12.1 Å². The molecule has 0 atom stereocenters. The van der Waals surface area contributed by atoms with Crippen molar-refractivity contribution in [2.24, 2.45) is 0 Å². The second-order valence-electron chi connectivity index (χ2n) is 3.38. The lowest BCUT2D eigenvalue weighted by Gasteiger charge is -2.02. The van der Waals surface area contributed by atoms with Crippen LogP contribution in [-0.2, 0) is 4.79 Å². The standard InChI is InChI=1S/C11H11NO4/c1-7(11(13)14)6-9-4-3-5-10(8(9)2)12(15)16/h3-6H,1-2H3,(H,13,14). The molecule has 0 aliphatic rings. The van der Waals surface area contributed by atoms with E-state index in [-0.39, 0.29) is 11.3 Å². The number of nitrogens with zero attached hydrogens (tertiary/aromatic N) is 1. The molecule has 84 valence electrons. The maximum atomic E-state index is 10.7. The zero-order valence-corrected chi connectivity index (χ0v) is 8.93. The van der Waals surface area contributed by atoms with Crippen LogP contribution in [0.1, 0.15) is 18.1 Å². The normalized spacial score (nSPS) is 11.2. The van der Waals surface area contributed by atoms with Gasteiger partial charge in [0.1, 0.15) is 0 Å². The van der Waals surface area contributed by atoms with E-state index in [2.05, 4.69) is 0 Å². The largest absolute Gasteiger partial charge is 0.478 e. The van der Waals surface area contributed by atoms with Crippen molar-refractivity contribution in [1.82, 2.24) is 0 Å². The average Bonchev–Trinajstić information content (AvgIpc) is 2.20. The molecule has 0 heterocycles. The van der Waals surface area contributed by atoms with Crippen LogP contribution in [0.4, 0.5) is 5.69 Å². The van der Waals surface area contributed by atoms with Gasteiger partial charge in [0, 0.05) is 17.2 Å². The van der Waals surface area contributed by atoms with Gasteiger partial charge in [-0.2, -0.15) is 0 Å². The minimum atomic E-state index is -1.04. The highest BCUT2D eigenvalue weighted by atomic mass is 16.6. The van der Waals surface area contributed by atoms with Crippen molar-refractivity contribution in [3.63, 3.8) is 0 Å². The number of hydrogen-bond acceptors (Lipinski definition) is 3. The lowest BCUT2D eigenvalue weighted by Crippen LogP contribution is -1.97. The number of nitro benzene ring substituents is 1. The van der Waals surface area contributed by atoms with E-state index in [0.29, 0.717) is 11.1 Å². The summed E-state index contributed by atoms with van der Waals surface area (Å²) < 4.78 is 0. The molecule has 1 N–H and O–H groups in total. The van der Waals surface area contributed by atoms with E-state index in [1.54, 1.807) is 13.0 Å². The Morgan fingerprint density at radius 2 is 2.12 bits per heavy atom. The molecule has 1 aromatic rings. The van der Waals surface area contributed by atoms with Crippen LogP contribution in [0.15, 0.2) is 23.8 Å². The van der Waals surface area contributed by atoms with E-state index in [1.165, 1.54) is 25.1 Å². The molecule has 0 radical (unpaired) electrons. The molecule has 1 aromatic carbocycles. The number of rotatable bonds is 3. The minimum absolute atomic E-state index is 0.00746. The van der Waals surface area contributed by atoms with Crippen LogP contribution in [-0.4, -0.2) is 16.0 Å². The molecule has 0 aromatic heterocycles. The fraction of sp³-hybridized carbons (Fsp3) is 0.182. The summed E-state index contributed by atoms with van der Waals surface area (Å²) in [6.07, 6.45) is 1.42. The molecule has 1 rings (SSSR count). The molecule has 0 saturated carbocycles. The van der Waals surface area contributed by atoms with Crippen LogP contribution >= 0.6 is 0 Å². The number of carbonyl (C=O) groups is 1. The zero-order chi connectivity index (χ0) is 12.3. The molecule has 0 aliphatic carbocycles. The van der Waals surface area contributed by atoms with Crippen LogP contribution in [0.5, 0.6) is 0 Å². The quantitative estimate of drug-likeness (QED) is 0.482. The second kappa shape index (κ2) is 4.57. The summed E-state index contributed by atoms with van der Waals surface area (Å²) in [5.74, 6) is -1.04. The molecule has 0 unspecified atom stereocenters. The Hall–Kier alpha value is -2.17. The molecule has 0 saturated heterocycles. The fourth-order valence-electron chi connectivity index (χ4n) is 1.29. The van der Waals surface area contributed by atoms with E-state index in [1.807, 2.05) is 0 Å². The van der Waals surface area contributed by atoms with Crippen LogP contribution in [0, 0.1) is 17.0 Å². The van der Waals surface area contributed by atoms with Gasteiger partial charge < -0.3 is 5.11 Å². The Labute approximate surface area is 92.2 Å². The Morgan fingerprint density at radius 1 is 1.50 bits per heavy atom. The molecule has 16 heavy (non-hydrogen) atoms. The fourth-order valence-corrected chi connectivity index (χ4v) is 1.29. The van der Waals surface area contributed by atoms with Gasteiger partial charge >= 0.3 is 5.97 Å². The molecular formula is C11H11NO4. The monoisotopic (exact) mass is 221 g/mol. The topological polar surface area (TPSA) is 80.4 Å². The van der Waals surface area contributed by atoms with Crippen molar-refractivity contribution >= 4 is 17.7 Å². The van der Waals surface area contributed by atoms with E-state index in [9.17, 15) is 14.9 Å². The van der Waals surface area contributed by atoms with Gasteiger partial charge in [0.25, 0.3) is 5.69 Å². The van der Waals surface area contributed by atoms with E-state index in [4.69, 9.17) is 5.11 Å². The SMILES string of the molecule is CC(=Cc1cccc([N+](=O)[O-])c1C)C(=O)O. The van der Waals surface area contributed by atoms with Crippen LogP contribution < -0.4 is 0 Å². The molecular weight excluding hydrogens is 210 g/mol. The second-order valence-corrected chi connectivity index (χ2v) is 3.38. The predicted octanol–water partition coefficient (Wildman–Crippen LogP) is 2.39. The van der Waals surface area contributed by atoms with Gasteiger partial charge in [-0.15, -0.1) is 0 Å². The maximum Gasteiger partial charge on any atom is 0.331 e. The van der Waals surface area contributed by atoms with Crippen molar-refractivity contribution in [2.75, 3.05) is 0 Å². The van der Waals surface area contributed by atoms with Gasteiger partial charge in [-0.3, -0.25) is 10.1 Å². The molecule has 0 bridgehead atoms. The summed E-state index contributed by atoms with van der Waals surface area (Å²) in [4.78, 5) is 20.8.